The minimum absolute atomic E-state index is 0.0740. The van der Waals surface area contributed by atoms with Crippen LogP contribution in [0.25, 0.3) is 0 Å². The minimum Gasteiger partial charge on any atom is -0.383 e. The summed E-state index contributed by atoms with van der Waals surface area (Å²) in [4.78, 5) is 12.3. The van der Waals surface area contributed by atoms with Crippen LogP contribution in [0, 0.1) is 11.8 Å². The van der Waals surface area contributed by atoms with Gasteiger partial charge in [0.05, 0.1) is 12.6 Å². The van der Waals surface area contributed by atoms with E-state index in [1.807, 2.05) is 0 Å². The molecule has 0 aliphatic heterocycles. The number of hydrogen-bond donors (Lipinski definition) is 2. The molecule has 0 saturated heterocycles. The maximum absolute atomic E-state index is 12.3. The summed E-state index contributed by atoms with van der Waals surface area (Å²) >= 11 is 0. The van der Waals surface area contributed by atoms with E-state index in [1.165, 1.54) is 0 Å². The number of methoxy groups -OCH3 is 1. The summed E-state index contributed by atoms with van der Waals surface area (Å²) in [6.45, 7) is 4.86. The predicted molar refractivity (Wildman–Crippen MR) is 73.2 cm³/mol. The molecule has 0 heterocycles. The highest BCUT2D eigenvalue weighted by molar-refractivity contribution is 5.79. The molecule has 0 bridgehead atoms. The van der Waals surface area contributed by atoms with Gasteiger partial charge in [0.2, 0.25) is 5.91 Å². The summed E-state index contributed by atoms with van der Waals surface area (Å²) in [5, 5.41) is 3.12. The number of hydrogen-bond acceptors (Lipinski definition) is 3. The van der Waals surface area contributed by atoms with E-state index in [4.69, 9.17) is 10.5 Å². The molecule has 1 aliphatic carbocycles. The van der Waals surface area contributed by atoms with Crippen LogP contribution in [0.15, 0.2) is 0 Å². The molecule has 0 radical (unpaired) electrons. The molecule has 1 saturated carbocycles. The Kier molecular flexibility index (Phi) is 6.65. The highest BCUT2D eigenvalue weighted by Crippen LogP contribution is 2.29. The molecule has 18 heavy (non-hydrogen) atoms. The van der Waals surface area contributed by atoms with Crippen molar-refractivity contribution in [3.05, 3.63) is 0 Å². The lowest BCUT2D eigenvalue weighted by molar-refractivity contribution is -0.128. The highest BCUT2D eigenvalue weighted by atomic mass is 16.5. The van der Waals surface area contributed by atoms with Crippen molar-refractivity contribution in [2.75, 3.05) is 13.7 Å². The monoisotopic (exact) mass is 256 g/mol. The lowest BCUT2D eigenvalue weighted by Gasteiger charge is -2.32. The molecule has 0 aromatic heterocycles. The van der Waals surface area contributed by atoms with Gasteiger partial charge in [-0.1, -0.05) is 20.3 Å². The number of carbonyl (C=O) groups is 1. The number of rotatable bonds is 6. The average Bonchev–Trinajstić information content (AvgIpc) is 2.33. The first kappa shape index (κ1) is 15.4. The Balaban J connectivity index is 2.50. The van der Waals surface area contributed by atoms with E-state index in [0.29, 0.717) is 12.5 Å². The molecule has 106 valence electrons. The SMILES string of the molecule is CCCC(COC)NC(=O)C1CC(N)CCC1C. The number of nitrogens with one attached hydrogen (secondary N) is 1. The van der Waals surface area contributed by atoms with Crippen LogP contribution in [0.1, 0.15) is 46.0 Å². The van der Waals surface area contributed by atoms with Gasteiger partial charge in [0, 0.05) is 19.1 Å². The van der Waals surface area contributed by atoms with Crippen LogP contribution < -0.4 is 11.1 Å². The lowest BCUT2D eigenvalue weighted by atomic mass is 9.77. The number of nitrogens with two attached hydrogens (primary N) is 1. The van der Waals surface area contributed by atoms with E-state index in [2.05, 4.69) is 19.2 Å². The Morgan fingerprint density at radius 2 is 2.22 bits per heavy atom. The summed E-state index contributed by atoms with van der Waals surface area (Å²) in [7, 11) is 1.67. The van der Waals surface area contributed by atoms with Crippen LogP contribution >= 0.6 is 0 Å². The van der Waals surface area contributed by atoms with Crippen LogP contribution in [0.2, 0.25) is 0 Å². The standard InChI is InChI=1S/C14H28N2O2/c1-4-5-12(9-18-3)16-14(17)13-8-11(15)7-6-10(13)2/h10-13H,4-9,15H2,1-3H3,(H,16,17). The fourth-order valence-corrected chi connectivity index (χ4v) is 2.77. The van der Waals surface area contributed by atoms with E-state index >= 15 is 0 Å². The molecule has 4 atom stereocenters. The quantitative estimate of drug-likeness (QED) is 0.760. The van der Waals surface area contributed by atoms with E-state index < -0.39 is 0 Å². The average molecular weight is 256 g/mol. The van der Waals surface area contributed by atoms with Gasteiger partial charge in [-0.2, -0.15) is 0 Å². The molecule has 0 aromatic rings. The summed E-state index contributed by atoms with van der Waals surface area (Å²) in [5.74, 6) is 0.674. The molecular formula is C14H28N2O2. The molecule has 0 aromatic carbocycles. The predicted octanol–water partition coefficient (Wildman–Crippen LogP) is 1.68. The summed E-state index contributed by atoms with van der Waals surface area (Å²) in [6.07, 6.45) is 4.93. The Labute approximate surface area is 111 Å². The van der Waals surface area contributed by atoms with Crippen molar-refractivity contribution in [3.63, 3.8) is 0 Å². The number of carbonyl (C=O) groups excluding carboxylic acids is 1. The van der Waals surface area contributed by atoms with Crippen molar-refractivity contribution in [1.82, 2.24) is 5.32 Å². The second-order valence-electron chi connectivity index (χ2n) is 5.61. The van der Waals surface area contributed by atoms with Gasteiger partial charge < -0.3 is 15.8 Å². The van der Waals surface area contributed by atoms with Gasteiger partial charge in [0.25, 0.3) is 0 Å². The Hall–Kier alpha value is -0.610. The zero-order valence-corrected chi connectivity index (χ0v) is 11.9. The largest absolute Gasteiger partial charge is 0.383 e. The van der Waals surface area contributed by atoms with Gasteiger partial charge in [0.15, 0.2) is 0 Å². The maximum atomic E-state index is 12.3. The smallest absolute Gasteiger partial charge is 0.223 e. The zero-order valence-electron chi connectivity index (χ0n) is 11.9. The van der Waals surface area contributed by atoms with Gasteiger partial charge in [0.1, 0.15) is 0 Å². The molecule has 1 rings (SSSR count). The molecule has 4 unspecified atom stereocenters. The van der Waals surface area contributed by atoms with Gasteiger partial charge in [-0.15, -0.1) is 0 Å². The fraction of sp³-hybridized carbons (Fsp3) is 0.929. The molecule has 1 fully saturated rings. The van der Waals surface area contributed by atoms with Crippen LogP contribution in [0.3, 0.4) is 0 Å². The molecule has 4 heteroatoms. The lowest BCUT2D eigenvalue weighted by Crippen LogP contribution is -2.46. The van der Waals surface area contributed by atoms with Crippen LogP contribution in [0.4, 0.5) is 0 Å². The number of ether oxygens (including phenoxy) is 1. The van der Waals surface area contributed by atoms with E-state index in [0.717, 1.165) is 32.1 Å². The van der Waals surface area contributed by atoms with Crippen LogP contribution in [-0.2, 0) is 9.53 Å². The van der Waals surface area contributed by atoms with Crippen molar-refractivity contribution in [2.24, 2.45) is 17.6 Å². The molecule has 3 N–H and O–H groups in total. The van der Waals surface area contributed by atoms with Gasteiger partial charge in [-0.3, -0.25) is 4.79 Å². The Morgan fingerprint density at radius 3 is 2.83 bits per heavy atom. The second kappa shape index (κ2) is 7.74. The second-order valence-corrected chi connectivity index (χ2v) is 5.61. The molecule has 4 nitrogen and oxygen atoms in total. The van der Waals surface area contributed by atoms with Crippen LogP contribution in [-0.4, -0.2) is 31.7 Å². The Morgan fingerprint density at radius 1 is 1.50 bits per heavy atom. The third-order valence-corrected chi connectivity index (χ3v) is 3.92. The third-order valence-electron chi connectivity index (χ3n) is 3.92. The minimum atomic E-state index is 0.0740. The van der Waals surface area contributed by atoms with Gasteiger partial charge in [-0.05, 0) is 31.6 Å². The third kappa shape index (κ3) is 4.58. The van der Waals surface area contributed by atoms with E-state index in [1.54, 1.807) is 7.11 Å². The van der Waals surface area contributed by atoms with Crippen LogP contribution in [0.5, 0.6) is 0 Å². The van der Waals surface area contributed by atoms with Crippen molar-refractivity contribution >= 4 is 5.91 Å². The first-order valence-electron chi connectivity index (χ1n) is 7.13. The molecule has 0 spiro atoms. The van der Waals surface area contributed by atoms with Crippen molar-refractivity contribution in [1.29, 1.82) is 0 Å². The van der Waals surface area contributed by atoms with Crippen molar-refractivity contribution in [2.45, 2.75) is 58.0 Å². The first-order valence-corrected chi connectivity index (χ1v) is 7.13. The molecule has 1 aliphatic rings. The summed E-state index contributed by atoms with van der Waals surface area (Å²) < 4.78 is 5.15. The topological polar surface area (TPSA) is 64.3 Å². The summed E-state index contributed by atoms with van der Waals surface area (Å²) in [6, 6.07) is 0.321. The number of amides is 1. The highest BCUT2D eigenvalue weighted by Gasteiger charge is 2.32. The Bertz CT molecular complexity index is 252. The maximum Gasteiger partial charge on any atom is 0.223 e. The molecule has 1 amide bonds. The van der Waals surface area contributed by atoms with E-state index in [-0.39, 0.29) is 23.9 Å². The van der Waals surface area contributed by atoms with Crippen molar-refractivity contribution < 1.29 is 9.53 Å². The van der Waals surface area contributed by atoms with Gasteiger partial charge in [-0.25, -0.2) is 0 Å². The fourth-order valence-electron chi connectivity index (χ4n) is 2.77. The summed E-state index contributed by atoms with van der Waals surface area (Å²) in [5.41, 5.74) is 5.97. The van der Waals surface area contributed by atoms with E-state index in [9.17, 15) is 4.79 Å². The normalized spacial score (nSPS) is 29.9. The van der Waals surface area contributed by atoms with Crippen molar-refractivity contribution in [3.8, 4) is 0 Å². The van der Waals surface area contributed by atoms with Gasteiger partial charge >= 0.3 is 0 Å². The first-order chi connectivity index (χ1) is 8.58. The molecular weight excluding hydrogens is 228 g/mol. The zero-order chi connectivity index (χ0) is 13.5.